The van der Waals surface area contributed by atoms with E-state index in [9.17, 15) is 0 Å². The molecular formula is C14H22N2O. The van der Waals surface area contributed by atoms with Gasteiger partial charge in [0.2, 0.25) is 0 Å². The summed E-state index contributed by atoms with van der Waals surface area (Å²) in [4.78, 5) is 0. The Hall–Kier alpha value is -0.800. The van der Waals surface area contributed by atoms with E-state index in [1.54, 1.807) is 0 Å². The van der Waals surface area contributed by atoms with Gasteiger partial charge in [-0.3, -0.25) is 0 Å². The first-order valence-corrected chi connectivity index (χ1v) is 6.86. The number of hydrogen-bond donors (Lipinski definition) is 1. The molecule has 2 atom stereocenters. The molecule has 1 aromatic heterocycles. The number of fused-ring (bicyclic) bond motifs is 1. The fourth-order valence-electron chi connectivity index (χ4n) is 3.19. The summed E-state index contributed by atoms with van der Waals surface area (Å²) in [6, 6.07) is 2.49. The van der Waals surface area contributed by atoms with E-state index in [2.05, 4.69) is 16.8 Å². The van der Waals surface area contributed by atoms with Crippen molar-refractivity contribution in [2.75, 3.05) is 13.2 Å². The maximum Gasteiger partial charge on any atom is 0.0511 e. The highest BCUT2D eigenvalue weighted by atomic mass is 16.5. The standard InChI is InChI=1S/C14H22N2O/c15-13-4-1-5-14-12(13)6-7-16(14)9-11-3-2-8-17-10-11/h6-7,11,13H,1-5,8-10,15H2. The molecule has 2 heterocycles. The maximum absolute atomic E-state index is 6.15. The number of ether oxygens (including phenoxy) is 1. The Morgan fingerprint density at radius 2 is 2.29 bits per heavy atom. The number of aromatic nitrogens is 1. The van der Waals surface area contributed by atoms with Crippen LogP contribution in [0.3, 0.4) is 0 Å². The zero-order chi connectivity index (χ0) is 11.7. The lowest BCUT2D eigenvalue weighted by atomic mass is 9.93. The predicted molar refractivity (Wildman–Crippen MR) is 67.8 cm³/mol. The first kappa shape index (κ1) is 11.3. The van der Waals surface area contributed by atoms with Crippen LogP contribution < -0.4 is 5.73 Å². The van der Waals surface area contributed by atoms with Crippen molar-refractivity contribution in [3.05, 3.63) is 23.5 Å². The van der Waals surface area contributed by atoms with Crippen molar-refractivity contribution >= 4 is 0 Å². The molecular weight excluding hydrogens is 212 g/mol. The zero-order valence-electron chi connectivity index (χ0n) is 10.4. The Balaban J connectivity index is 1.74. The number of rotatable bonds is 2. The van der Waals surface area contributed by atoms with Crippen LogP contribution in [0.2, 0.25) is 0 Å². The summed E-state index contributed by atoms with van der Waals surface area (Å²) in [5.41, 5.74) is 9.02. The molecule has 0 aromatic carbocycles. The summed E-state index contributed by atoms with van der Waals surface area (Å²) in [5.74, 6) is 0.693. The van der Waals surface area contributed by atoms with Gasteiger partial charge in [-0.25, -0.2) is 0 Å². The van der Waals surface area contributed by atoms with Gasteiger partial charge in [0.25, 0.3) is 0 Å². The molecule has 3 rings (SSSR count). The first-order chi connectivity index (χ1) is 8.34. The van der Waals surface area contributed by atoms with Crippen molar-refractivity contribution in [3.8, 4) is 0 Å². The monoisotopic (exact) mass is 234 g/mol. The van der Waals surface area contributed by atoms with E-state index in [4.69, 9.17) is 10.5 Å². The van der Waals surface area contributed by atoms with Crippen molar-refractivity contribution < 1.29 is 4.74 Å². The Bertz CT molecular complexity index is 380. The molecule has 0 bridgehead atoms. The van der Waals surface area contributed by atoms with Gasteiger partial charge in [0, 0.05) is 37.0 Å². The van der Waals surface area contributed by atoms with Crippen LogP contribution in [0.1, 0.15) is 43.0 Å². The minimum Gasteiger partial charge on any atom is -0.381 e. The number of nitrogens with two attached hydrogens (primary N) is 1. The smallest absolute Gasteiger partial charge is 0.0511 e. The highest BCUT2D eigenvalue weighted by Crippen LogP contribution is 2.29. The summed E-state index contributed by atoms with van der Waals surface area (Å²) < 4.78 is 7.98. The Kier molecular flexibility index (Phi) is 3.21. The Morgan fingerprint density at radius 1 is 1.35 bits per heavy atom. The van der Waals surface area contributed by atoms with E-state index in [1.807, 2.05) is 0 Å². The first-order valence-electron chi connectivity index (χ1n) is 6.86. The molecule has 3 nitrogen and oxygen atoms in total. The SMILES string of the molecule is NC1CCCc2c1ccn2CC1CCCOC1. The molecule has 1 aliphatic heterocycles. The molecule has 0 radical (unpaired) electrons. The van der Waals surface area contributed by atoms with E-state index in [-0.39, 0.29) is 6.04 Å². The predicted octanol–water partition coefficient (Wildman–Crippen LogP) is 2.25. The van der Waals surface area contributed by atoms with Crippen LogP contribution in [0.15, 0.2) is 12.3 Å². The van der Waals surface area contributed by atoms with E-state index in [0.717, 1.165) is 26.2 Å². The summed E-state index contributed by atoms with van der Waals surface area (Å²) >= 11 is 0. The molecule has 1 aliphatic carbocycles. The summed E-state index contributed by atoms with van der Waals surface area (Å²) in [5, 5.41) is 0. The lowest BCUT2D eigenvalue weighted by Crippen LogP contribution is -2.24. The lowest BCUT2D eigenvalue weighted by Gasteiger charge is -2.25. The van der Waals surface area contributed by atoms with Gasteiger partial charge < -0.3 is 15.0 Å². The van der Waals surface area contributed by atoms with Gasteiger partial charge in [-0.2, -0.15) is 0 Å². The average molecular weight is 234 g/mol. The van der Waals surface area contributed by atoms with Crippen molar-refractivity contribution in [1.29, 1.82) is 0 Å². The van der Waals surface area contributed by atoms with Crippen LogP contribution in [0.25, 0.3) is 0 Å². The summed E-state index contributed by atoms with van der Waals surface area (Å²) in [6.07, 6.45) is 8.32. The Morgan fingerprint density at radius 3 is 3.12 bits per heavy atom. The van der Waals surface area contributed by atoms with Crippen molar-refractivity contribution in [2.45, 2.75) is 44.7 Å². The highest BCUT2D eigenvalue weighted by Gasteiger charge is 2.22. The molecule has 0 saturated carbocycles. The molecule has 1 aromatic rings. The third-order valence-corrected chi connectivity index (χ3v) is 4.15. The molecule has 3 heteroatoms. The van der Waals surface area contributed by atoms with Gasteiger partial charge in [-0.1, -0.05) is 0 Å². The summed E-state index contributed by atoms with van der Waals surface area (Å²) in [7, 11) is 0. The van der Waals surface area contributed by atoms with Gasteiger partial charge in [0.1, 0.15) is 0 Å². The van der Waals surface area contributed by atoms with Crippen molar-refractivity contribution in [3.63, 3.8) is 0 Å². The van der Waals surface area contributed by atoms with Gasteiger partial charge in [0.05, 0.1) is 6.61 Å². The molecule has 0 amide bonds. The minimum atomic E-state index is 0.266. The lowest BCUT2D eigenvalue weighted by molar-refractivity contribution is 0.0481. The second kappa shape index (κ2) is 4.83. The quantitative estimate of drug-likeness (QED) is 0.852. The van der Waals surface area contributed by atoms with E-state index in [0.29, 0.717) is 5.92 Å². The molecule has 1 saturated heterocycles. The third kappa shape index (κ3) is 2.26. The van der Waals surface area contributed by atoms with Crippen LogP contribution in [-0.2, 0) is 17.7 Å². The zero-order valence-corrected chi connectivity index (χ0v) is 10.4. The minimum absolute atomic E-state index is 0.266. The molecule has 2 unspecified atom stereocenters. The largest absolute Gasteiger partial charge is 0.381 e. The van der Waals surface area contributed by atoms with Gasteiger partial charge >= 0.3 is 0 Å². The van der Waals surface area contributed by atoms with Crippen LogP contribution in [0.5, 0.6) is 0 Å². The molecule has 0 spiro atoms. The summed E-state index contributed by atoms with van der Waals surface area (Å²) in [6.45, 7) is 2.99. The van der Waals surface area contributed by atoms with E-state index in [1.165, 1.54) is 36.9 Å². The van der Waals surface area contributed by atoms with Gasteiger partial charge in [-0.05, 0) is 43.7 Å². The van der Waals surface area contributed by atoms with Gasteiger partial charge in [0.15, 0.2) is 0 Å². The Labute approximate surface area is 103 Å². The van der Waals surface area contributed by atoms with Crippen molar-refractivity contribution in [2.24, 2.45) is 11.7 Å². The average Bonchev–Trinajstić information content (AvgIpc) is 2.76. The third-order valence-electron chi connectivity index (χ3n) is 4.15. The number of nitrogens with zero attached hydrogens (tertiary/aromatic N) is 1. The fourth-order valence-corrected chi connectivity index (χ4v) is 3.19. The van der Waals surface area contributed by atoms with E-state index < -0.39 is 0 Å². The number of hydrogen-bond acceptors (Lipinski definition) is 2. The molecule has 1 fully saturated rings. The van der Waals surface area contributed by atoms with Crippen LogP contribution in [0, 0.1) is 5.92 Å². The maximum atomic E-state index is 6.15. The molecule has 17 heavy (non-hydrogen) atoms. The second-order valence-electron chi connectivity index (χ2n) is 5.45. The van der Waals surface area contributed by atoms with Crippen LogP contribution >= 0.6 is 0 Å². The van der Waals surface area contributed by atoms with Crippen LogP contribution in [-0.4, -0.2) is 17.8 Å². The van der Waals surface area contributed by atoms with Crippen molar-refractivity contribution in [1.82, 2.24) is 4.57 Å². The molecule has 2 N–H and O–H groups in total. The molecule has 2 aliphatic rings. The fraction of sp³-hybridized carbons (Fsp3) is 0.714. The van der Waals surface area contributed by atoms with Crippen LogP contribution in [0.4, 0.5) is 0 Å². The highest BCUT2D eigenvalue weighted by molar-refractivity contribution is 5.28. The second-order valence-corrected chi connectivity index (χ2v) is 5.45. The topological polar surface area (TPSA) is 40.2 Å². The molecule has 94 valence electrons. The van der Waals surface area contributed by atoms with Gasteiger partial charge in [-0.15, -0.1) is 0 Å². The normalized spacial score (nSPS) is 29.0. The van der Waals surface area contributed by atoms with E-state index >= 15 is 0 Å².